The Hall–Kier alpha value is -2.02. The molecule has 1 saturated heterocycles. The Kier molecular flexibility index (Phi) is 5.60. The summed E-state index contributed by atoms with van der Waals surface area (Å²) in [4.78, 5) is 12.9. The smallest absolute Gasteiger partial charge is 0.245 e. The second-order valence-electron chi connectivity index (χ2n) is 8.07. The molecule has 5 nitrogen and oxygen atoms in total. The summed E-state index contributed by atoms with van der Waals surface area (Å²) in [6, 6.07) is 16.1. The van der Waals surface area contributed by atoms with Crippen LogP contribution in [0.2, 0.25) is 0 Å². The maximum Gasteiger partial charge on any atom is 0.245 e. The van der Waals surface area contributed by atoms with Crippen LogP contribution in [0.15, 0.2) is 59.5 Å². The first-order valence-electron chi connectivity index (χ1n) is 10.2. The quantitative estimate of drug-likeness (QED) is 0.752. The van der Waals surface area contributed by atoms with Gasteiger partial charge in [0.15, 0.2) is 0 Å². The number of carbonyl (C=O) groups is 1. The lowest BCUT2D eigenvalue weighted by atomic mass is 9.86. The van der Waals surface area contributed by atoms with Crippen LogP contribution in [-0.2, 0) is 19.6 Å². The topological polar surface area (TPSA) is 63.7 Å². The van der Waals surface area contributed by atoms with Gasteiger partial charge in [-0.25, -0.2) is 8.42 Å². The highest BCUT2D eigenvalue weighted by Crippen LogP contribution is 2.43. The van der Waals surface area contributed by atoms with Crippen LogP contribution in [0.5, 0.6) is 0 Å². The molecule has 4 atom stereocenters. The van der Waals surface area contributed by atoms with Crippen LogP contribution in [0, 0.1) is 12.8 Å². The molecule has 0 bridgehead atoms. The lowest BCUT2D eigenvalue weighted by molar-refractivity contribution is -0.132. The van der Waals surface area contributed by atoms with E-state index in [0.29, 0.717) is 12.8 Å². The Morgan fingerprint density at radius 3 is 2.34 bits per heavy atom. The van der Waals surface area contributed by atoms with Gasteiger partial charge in [0.05, 0.1) is 16.9 Å². The molecule has 2 fully saturated rings. The largest absolute Gasteiger partial charge is 0.352 e. The van der Waals surface area contributed by atoms with E-state index in [2.05, 4.69) is 0 Å². The number of nitrogens with zero attached hydrogens (tertiary/aromatic N) is 1. The van der Waals surface area contributed by atoms with Crippen LogP contribution in [0.25, 0.3) is 0 Å². The third kappa shape index (κ3) is 3.77. The van der Waals surface area contributed by atoms with Gasteiger partial charge in [-0.05, 0) is 44.4 Å². The average molecular weight is 414 g/mol. The molecule has 2 aromatic rings. The zero-order valence-electron chi connectivity index (χ0n) is 16.8. The van der Waals surface area contributed by atoms with Gasteiger partial charge in [0.1, 0.15) is 18.1 Å². The summed E-state index contributed by atoms with van der Waals surface area (Å²) in [5, 5.41) is 0. The van der Waals surface area contributed by atoms with Crippen molar-refractivity contribution in [1.29, 1.82) is 0 Å². The van der Waals surface area contributed by atoms with Gasteiger partial charge in [-0.15, -0.1) is 0 Å². The molecule has 0 N–H and O–H groups in total. The van der Waals surface area contributed by atoms with E-state index in [1.807, 2.05) is 44.2 Å². The van der Waals surface area contributed by atoms with E-state index in [-0.39, 0.29) is 10.7 Å². The first-order valence-corrected chi connectivity index (χ1v) is 11.7. The Morgan fingerprint density at radius 1 is 1.00 bits per heavy atom. The summed E-state index contributed by atoms with van der Waals surface area (Å²) >= 11 is 0. The van der Waals surface area contributed by atoms with Crippen molar-refractivity contribution in [3.05, 3.63) is 65.7 Å². The minimum Gasteiger partial charge on any atom is -0.352 e. The van der Waals surface area contributed by atoms with Crippen molar-refractivity contribution in [3.63, 3.8) is 0 Å². The summed E-state index contributed by atoms with van der Waals surface area (Å²) in [6.07, 6.45) is 1.76. The summed E-state index contributed by atoms with van der Waals surface area (Å²) < 4.78 is 35.0. The normalized spacial score (nSPS) is 28.6. The van der Waals surface area contributed by atoms with Crippen LogP contribution in [0.4, 0.5) is 0 Å². The fraction of sp³-hybridized carbons (Fsp3) is 0.435. The van der Waals surface area contributed by atoms with Crippen molar-refractivity contribution >= 4 is 15.8 Å². The van der Waals surface area contributed by atoms with Crippen LogP contribution in [-0.4, -0.2) is 30.8 Å². The third-order valence-corrected chi connectivity index (χ3v) is 8.01. The lowest BCUT2D eigenvalue weighted by Gasteiger charge is -2.32. The Labute approximate surface area is 172 Å². The molecule has 0 spiro atoms. The number of aryl methyl sites for hydroxylation is 1. The van der Waals surface area contributed by atoms with E-state index in [1.54, 1.807) is 24.3 Å². The van der Waals surface area contributed by atoms with E-state index < -0.39 is 34.3 Å². The maximum atomic E-state index is 13.6. The first-order chi connectivity index (χ1) is 13.9. The molecule has 154 valence electrons. The number of carbonyl (C=O) groups excluding carboxylic acids is 1. The predicted molar refractivity (Wildman–Crippen MR) is 111 cm³/mol. The monoisotopic (exact) mass is 413 g/mol. The van der Waals surface area contributed by atoms with Gasteiger partial charge in [0.2, 0.25) is 10.0 Å². The molecule has 6 heteroatoms. The molecule has 0 radical (unpaired) electrons. The number of hydrogen-bond acceptors (Lipinski definition) is 4. The number of Topliss-reactive ketones (excluding diaryl/α,β-unsaturated/α-hetero) is 1. The van der Waals surface area contributed by atoms with Crippen molar-refractivity contribution in [3.8, 4) is 0 Å². The van der Waals surface area contributed by atoms with E-state index in [1.165, 1.54) is 4.31 Å². The van der Waals surface area contributed by atoms with Crippen molar-refractivity contribution in [2.75, 3.05) is 0 Å². The zero-order chi connectivity index (χ0) is 20.6. The van der Waals surface area contributed by atoms with Crippen LogP contribution < -0.4 is 0 Å². The predicted octanol–water partition coefficient (Wildman–Crippen LogP) is 4.23. The summed E-state index contributed by atoms with van der Waals surface area (Å²) in [5.74, 6) is -0.314. The molecule has 0 unspecified atom stereocenters. The van der Waals surface area contributed by atoms with Gasteiger partial charge in [0.25, 0.3) is 0 Å². The Bertz CT molecular complexity index is 972. The Morgan fingerprint density at radius 2 is 1.69 bits per heavy atom. The van der Waals surface area contributed by atoms with Crippen LogP contribution in [0.1, 0.15) is 49.8 Å². The van der Waals surface area contributed by atoms with Crippen LogP contribution >= 0.6 is 0 Å². The first kappa shape index (κ1) is 20.3. The van der Waals surface area contributed by atoms with Crippen LogP contribution in [0.3, 0.4) is 0 Å². The highest BCUT2D eigenvalue weighted by molar-refractivity contribution is 7.89. The molecule has 1 saturated carbocycles. The number of rotatable bonds is 4. The second-order valence-corrected chi connectivity index (χ2v) is 9.91. The van der Waals surface area contributed by atoms with Crippen molar-refractivity contribution in [2.45, 2.75) is 62.8 Å². The molecule has 1 heterocycles. The third-order valence-electron chi connectivity index (χ3n) is 6.05. The fourth-order valence-corrected chi connectivity index (χ4v) is 6.20. The fourth-order valence-electron chi connectivity index (χ4n) is 4.46. The zero-order valence-corrected chi connectivity index (χ0v) is 17.6. The Balaban J connectivity index is 1.76. The maximum absolute atomic E-state index is 13.6. The molecule has 4 rings (SSSR count). The second kappa shape index (κ2) is 8.01. The number of ether oxygens (including phenoxy) is 1. The highest BCUT2D eigenvalue weighted by Gasteiger charge is 2.51. The SMILES string of the molecule is Cc1ccc(S(=O)(=O)N2[C@H](C)[C@@H](c3ccccc3)O[C@H]2[C@H]2CCCCC2=O)cc1. The molecule has 1 aliphatic heterocycles. The molecule has 0 aromatic heterocycles. The van der Waals surface area contributed by atoms with Gasteiger partial charge in [-0.1, -0.05) is 54.4 Å². The average Bonchev–Trinajstić information content (AvgIpc) is 3.07. The lowest BCUT2D eigenvalue weighted by Crippen LogP contribution is -2.47. The van der Waals surface area contributed by atoms with E-state index in [0.717, 1.165) is 24.0 Å². The van der Waals surface area contributed by atoms with Crippen molar-refractivity contribution in [2.24, 2.45) is 5.92 Å². The standard InChI is InChI=1S/C23H27NO4S/c1-16-12-14-19(15-13-16)29(26,27)24-17(2)22(18-8-4-3-5-9-18)28-23(24)20-10-6-7-11-21(20)25/h3-5,8-9,12-15,17,20,22-23H,6-7,10-11H2,1-2H3/t17-,20+,22+,23+/m1/s1. The van der Waals surface area contributed by atoms with Gasteiger partial charge >= 0.3 is 0 Å². The minimum atomic E-state index is -3.81. The number of sulfonamides is 1. The number of hydrogen-bond donors (Lipinski definition) is 0. The molecule has 0 amide bonds. The molecular weight excluding hydrogens is 386 g/mol. The van der Waals surface area contributed by atoms with Crippen molar-refractivity contribution < 1.29 is 17.9 Å². The number of benzene rings is 2. The van der Waals surface area contributed by atoms with Gasteiger partial charge < -0.3 is 4.74 Å². The van der Waals surface area contributed by atoms with Crippen molar-refractivity contribution in [1.82, 2.24) is 4.31 Å². The number of ketones is 1. The summed E-state index contributed by atoms with van der Waals surface area (Å²) in [6.45, 7) is 3.80. The molecule has 2 aliphatic rings. The highest BCUT2D eigenvalue weighted by atomic mass is 32.2. The summed E-state index contributed by atoms with van der Waals surface area (Å²) in [5.41, 5.74) is 1.92. The van der Waals surface area contributed by atoms with Gasteiger partial charge in [-0.2, -0.15) is 4.31 Å². The van der Waals surface area contributed by atoms with E-state index in [9.17, 15) is 13.2 Å². The minimum absolute atomic E-state index is 0.103. The molecule has 2 aromatic carbocycles. The van der Waals surface area contributed by atoms with Gasteiger partial charge in [-0.3, -0.25) is 4.79 Å². The molecule has 29 heavy (non-hydrogen) atoms. The van der Waals surface area contributed by atoms with E-state index in [4.69, 9.17) is 4.74 Å². The summed E-state index contributed by atoms with van der Waals surface area (Å²) in [7, 11) is -3.81. The van der Waals surface area contributed by atoms with Gasteiger partial charge in [0, 0.05) is 6.42 Å². The molecular formula is C23H27NO4S. The molecule has 1 aliphatic carbocycles. The van der Waals surface area contributed by atoms with E-state index >= 15 is 0 Å².